The summed E-state index contributed by atoms with van der Waals surface area (Å²) in [5.74, 6) is 1.65. The summed E-state index contributed by atoms with van der Waals surface area (Å²) in [5.41, 5.74) is 7.92. The topological polar surface area (TPSA) is 26.0 Å². The Morgan fingerprint density at radius 1 is 1.13 bits per heavy atom. The van der Waals surface area contributed by atoms with Crippen molar-refractivity contribution >= 4 is 12.4 Å². The second kappa shape index (κ2) is 3.80. The third-order valence-corrected chi connectivity index (χ3v) is 4.21. The third-order valence-electron chi connectivity index (χ3n) is 4.21. The molecule has 0 aliphatic heterocycles. The molecular weight excluding hydrogens is 206 g/mol. The van der Waals surface area contributed by atoms with Gasteiger partial charge in [0.1, 0.15) is 0 Å². The quantitative estimate of drug-likeness (QED) is 0.778. The van der Waals surface area contributed by atoms with Crippen LogP contribution >= 0.6 is 12.4 Å². The molecule has 1 aromatic carbocycles. The molecule has 0 spiro atoms. The molecular formula is C13H18ClN. The summed E-state index contributed by atoms with van der Waals surface area (Å²) >= 11 is 0. The summed E-state index contributed by atoms with van der Waals surface area (Å²) in [7, 11) is 0. The molecule has 2 fully saturated rings. The minimum absolute atomic E-state index is 0. The fourth-order valence-corrected chi connectivity index (χ4v) is 3.47. The Balaban J connectivity index is 0.000000853. The van der Waals surface area contributed by atoms with Crippen LogP contribution in [0.25, 0.3) is 0 Å². The van der Waals surface area contributed by atoms with Gasteiger partial charge in [0.15, 0.2) is 0 Å². The number of rotatable bonds is 1. The Kier molecular flexibility index (Phi) is 2.78. The fraction of sp³-hybridized carbons (Fsp3) is 0.538. The second-order valence-corrected chi connectivity index (χ2v) is 4.99. The van der Waals surface area contributed by atoms with E-state index in [1.807, 2.05) is 0 Å². The van der Waals surface area contributed by atoms with Gasteiger partial charge in [-0.1, -0.05) is 36.8 Å². The molecule has 0 heterocycles. The van der Waals surface area contributed by atoms with Gasteiger partial charge in [-0.25, -0.2) is 0 Å². The first-order valence-corrected chi connectivity index (χ1v) is 5.63. The lowest BCUT2D eigenvalue weighted by atomic mass is 9.77. The highest BCUT2D eigenvalue weighted by molar-refractivity contribution is 5.85. The van der Waals surface area contributed by atoms with Crippen LogP contribution in [0.1, 0.15) is 31.2 Å². The number of benzene rings is 1. The standard InChI is InChI=1S/C13H17N.ClH/c14-13(11-4-2-1-3-5-11)9-10-6-7-12(13)8-10;/h1-5,10,12H,6-9,14H2;1H. The van der Waals surface area contributed by atoms with Crippen molar-refractivity contribution in [2.45, 2.75) is 31.2 Å². The van der Waals surface area contributed by atoms with E-state index >= 15 is 0 Å². The molecule has 2 N–H and O–H groups in total. The molecule has 3 atom stereocenters. The van der Waals surface area contributed by atoms with E-state index in [1.165, 1.54) is 31.2 Å². The molecule has 82 valence electrons. The Morgan fingerprint density at radius 3 is 2.40 bits per heavy atom. The summed E-state index contributed by atoms with van der Waals surface area (Å²) in [6.45, 7) is 0. The third kappa shape index (κ3) is 1.58. The zero-order valence-electron chi connectivity index (χ0n) is 8.86. The van der Waals surface area contributed by atoms with Crippen LogP contribution in [0.15, 0.2) is 30.3 Å². The molecule has 15 heavy (non-hydrogen) atoms. The van der Waals surface area contributed by atoms with Gasteiger partial charge in [-0.2, -0.15) is 0 Å². The molecule has 3 unspecified atom stereocenters. The number of fused-ring (bicyclic) bond motifs is 2. The highest BCUT2D eigenvalue weighted by Crippen LogP contribution is 2.53. The molecule has 0 amide bonds. The fourth-order valence-electron chi connectivity index (χ4n) is 3.47. The lowest BCUT2D eigenvalue weighted by molar-refractivity contribution is 0.276. The van der Waals surface area contributed by atoms with E-state index in [0.717, 1.165) is 11.8 Å². The lowest BCUT2D eigenvalue weighted by Crippen LogP contribution is -2.41. The summed E-state index contributed by atoms with van der Waals surface area (Å²) in [6, 6.07) is 10.7. The predicted molar refractivity (Wildman–Crippen MR) is 65.0 cm³/mol. The van der Waals surface area contributed by atoms with Gasteiger partial charge in [0.2, 0.25) is 0 Å². The zero-order valence-corrected chi connectivity index (χ0v) is 9.67. The summed E-state index contributed by atoms with van der Waals surface area (Å²) in [6.07, 6.45) is 5.33. The van der Waals surface area contributed by atoms with Crippen molar-refractivity contribution in [2.75, 3.05) is 0 Å². The largest absolute Gasteiger partial charge is 0.321 e. The maximum absolute atomic E-state index is 6.57. The van der Waals surface area contributed by atoms with Gasteiger partial charge in [-0.05, 0) is 36.7 Å². The summed E-state index contributed by atoms with van der Waals surface area (Å²) in [4.78, 5) is 0. The molecule has 0 saturated heterocycles. The molecule has 2 heteroatoms. The van der Waals surface area contributed by atoms with E-state index in [2.05, 4.69) is 30.3 Å². The van der Waals surface area contributed by atoms with E-state index in [4.69, 9.17) is 5.73 Å². The summed E-state index contributed by atoms with van der Waals surface area (Å²) < 4.78 is 0. The van der Waals surface area contributed by atoms with Crippen molar-refractivity contribution in [1.82, 2.24) is 0 Å². The normalized spacial score (nSPS) is 37.7. The van der Waals surface area contributed by atoms with Crippen molar-refractivity contribution in [3.63, 3.8) is 0 Å². The van der Waals surface area contributed by atoms with E-state index < -0.39 is 0 Å². The predicted octanol–water partition coefficient (Wildman–Crippen LogP) is 3.08. The molecule has 1 nitrogen and oxygen atoms in total. The van der Waals surface area contributed by atoms with Gasteiger partial charge in [0.25, 0.3) is 0 Å². The Hall–Kier alpha value is -0.530. The van der Waals surface area contributed by atoms with Crippen molar-refractivity contribution in [2.24, 2.45) is 17.6 Å². The number of nitrogens with two attached hydrogens (primary N) is 1. The van der Waals surface area contributed by atoms with Gasteiger partial charge in [-0.3, -0.25) is 0 Å². The average molecular weight is 224 g/mol. The molecule has 2 saturated carbocycles. The smallest absolute Gasteiger partial charge is 0.0440 e. The maximum Gasteiger partial charge on any atom is 0.0440 e. The number of hydrogen-bond acceptors (Lipinski definition) is 1. The van der Waals surface area contributed by atoms with Gasteiger partial charge < -0.3 is 5.73 Å². The molecule has 0 aromatic heterocycles. The van der Waals surface area contributed by atoms with Gasteiger partial charge in [-0.15, -0.1) is 12.4 Å². The molecule has 2 aliphatic carbocycles. The first kappa shape index (κ1) is 11.0. The molecule has 2 bridgehead atoms. The van der Waals surface area contributed by atoms with E-state index in [0.29, 0.717) is 0 Å². The van der Waals surface area contributed by atoms with Gasteiger partial charge in [0.05, 0.1) is 0 Å². The lowest BCUT2D eigenvalue weighted by Gasteiger charge is -2.34. The molecule has 1 aromatic rings. The minimum atomic E-state index is 0. The zero-order chi connectivity index (χ0) is 9.60. The first-order valence-electron chi connectivity index (χ1n) is 5.63. The van der Waals surface area contributed by atoms with Crippen LogP contribution < -0.4 is 5.73 Å². The molecule has 0 radical (unpaired) electrons. The van der Waals surface area contributed by atoms with Crippen LogP contribution in [0.2, 0.25) is 0 Å². The van der Waals surface area contributed by atoms with Crippen LogP contribution in [0.3, 0.4) is 0 Å². The Morgan fingerprint density at radius 2 is 1.87 bits per heavy atom. The first-order chi connectivity index (χ1) is 6.79. The van der Waals surface area contributed by atoms with Crippen molar-refractivity contribution in [1.29, 1.82) is 0 Å². The van der Waals surface area contributed by atoms with Crippen LogP contribution in [-0.2, 0) is 5.54 Å². The average Bonchev–Trinajstić information content (AvgIpc) is 2.79. The van der Waals surface area contributed by atoms with Gasteiger partial charge >= 0.3 is 0 Å². The second-order valence-electron chi connectivity index (χ2n) is 4.99. The van der Waals surface area contributed by atoms with Gasteiger partial charge in [0, 0.05) is 5.54 Å². The van der Waals surface area contributed by atoms with E-state index in [9.17, 15) is 0 Å². The Labute approximate surface area is 97.5 Å². The summed E-state index contributed by atoms with van der Waals surface area (Å²) in [5, 5.41) is 0. The maximum atomic E-state index is 6.57. The highest BCUT2D eigenvalue weighted by atomic mass is 35.5. The molecule has 3 rings (SSSR count). The van der Waals surface area contributed by atoms with E-state index in [-0.39, 0.29) is 17.9 Å². The Bertz CT molecular complexity index is 338. The minimum Gasteiger partial charge on any atom is -0.321 e. The van der Waals surface area contributed by atoms with Crippen molar-refractivity contribution in [3.8, 4) is 0 Å². The van der Waals surface area contributed by atoms with Crippen LogP contribution in [0.5, 0.6) is 0 Å². The van der Waals surface area contributed by atoms with Crippen LogP contribution in [-0.4, -0.2) is 0 Å². The van der Waals surface area contributed by atoms with E-state index in [1.54, 1.807) is 0 Å². The van der Waals surface area contributed by atoms with Crippen LogP contribution in [0.4, 0.5) is 0 Å². The van der Waals surface area contributed by atoms with Crippen LogP contribution in [0, 0.1) is 11.8 Å². The molecule has 2 aliphatic rings. The van der Waals surface area contributed by atoms with Crippen molar-refractivity contribution in [3.05, 3.63) is 35.9 Å². The monoisotopic (exact) mass is 223 g/mol. The highest BCUT2D eigenvalue weighted by Gasteiger charge is 2.49. The van der Waals surface area contributed by atoms with Crippen molar-refractivity contribution < 1.29 is 0 Å². The SMILES string of the molecule is Cl.NC1(c2ccccc2)CC2CCC1C2. The number of halogens is 1. The number of hydrogen-bond donors (Lipinski definition) is 1.